The van der Waals surface area contributed by atoms with Gasteiger partial charge in [-0.3, -0.25) is 14.2 Å². The first-order valence-corrected chi connectivity index (χ1v) is 12.5. The predicted octanol–water partition coefficient (Wildman–Crippen LogP) is 3.87. The SMILES string of the molecule is COc1ccc(CC(=O)NCc2nnc(SCC(=O)Nc3ccc(OC)cc3)n2-c2ccccc2)cc1. The highest BCUT2D eigenvalue weighted by atomic mass is 32.2. The second-order valence-corrected chi connectivity index (χ2v) is 8.88. The summed E-state index contributed by atoms with van der Waals surface area (Å²) in [4.78, 5) is 25.1. The van der Waals surface area contributed by atoms with Gasteiger partial charge in [0.05, 0.1) is 32.9 Å². The molecule has 0 aliphatic carbocycles. The first kappa shape index (κ1) is 25.8. The number of methoxy groups -OCH3 is 2. The van der Waals surface area contributed by atoms with E-state index in [0.29, 0.717) is 22.4 Å². The Balaban J connectivity index is 1.40. The fourth-order valence-corrected chi connectivity index (χ4v) is 4.29. The number of nitrogens with one attached hydrogen (secondary N) is 2. The Morgan fingerprint density at radius 3 is 2.14 bits per heavy atom. The largest absolute Gasteiger partial charge is 0.497 e. The zero-order chi connectivity index (χ0) is 26.0. The highest BCUT2D eigenvalue weighted by Gasteiger charge is 2.17. The normalized spacial score (nSPS) is 10.5. The molecule has 3 aromatic carbocycles. The van der Waals surface area contributed by atoms with Gasteiger partial charge in [-0.1, -0.05) is 42.1 Å². The molecule has 0 aliphatic heterocycles. The third kappa shape index (κ3) is 7.11. The van der Waals surface area contributed by atoms with Crippen LogP contribution in [0.25, 0.3) is 5.69 Å². The molecule has 2 amide bonds. The van der Waals surface area contributed by atoms with Gasteiger partial charge < -0.3 is 20.1 Å². The lowest BCUT2D eigenvalue weighted by Gasteiger charge is -2.11. The molecule has 0 unspecified atom stereocenters. The Morgan fingerprint density at radius 1 is 0.838 bits per heavy atom. The van der Waals surface area contributed by atoms with E-state index in [1.54, 1.807) is 38.5 Å². The van der Waals surface area contributed by atoms with E-state index < -0.39 is 0 Å². The molecule has 0 fully saturated rings. The summed E-state index contributed by atoms with van der Waals surface area (Å²) in [6.45, 7) is 0.190. The molecule has 0 aliphatic rings. The smallest absolute Gasteiger partial charge is 0.234 e. The van der Waals surface area contributed by atoms with E-state index in [1.807, 2.05) is 59.2 Å². The summed E-state index contributed by atoms with van der Waals surface area (Å²) in [5, 5.41) is 14.9. The van der Waals surface area contributed by atoms with E-state index in [0.717, 1.165) is 17.0 Å². The van der Waals surface area contributed by atoms with E-state index in [-0.39, 0.29) is 30.5 Å². The van der Waals surface area contributed by atoms with Crippen molar-refractivity contribution in [2.75, 3.05) is 25.3 Å². The number of nitrogens with zero attached hydrogens (tertiary/aromatic N) is 3. The maximum absolute atomic E-state index is 12.6. The lowest BCUT2D eigenvalue weighted by atomic mass is 10.1. The summed E-state index contributed by atoms with van der Waals surface area (Å²) in [6, 6.07) is 24.1. The number of benzene rings is 3. The van der Waals surface area contributed by atoms with Crippen LogP contribution in [-0.4, -0.2) is 46.6 Å². The molecule has 0 spiro atoms. The van der Waals surface area contributed by atoms with E-state index in [9.17, 15) is 9.59 Å². The van der Waals surface area contributed by atoms with Crippen LogP contribution in [0.15, 0.2) is 84.0 Å². The molecule has 1 heterocycles. The Hall–Kier alpha value is -4.31. The predicted molar refractivity (Wildman–Crippen MR) is 142 cm³/mol. The average Bonchev–Trinajstić information content (AvgIpc) is 3.35. The Kier molecular flexibility index (Phi) is 8.77. The molecule has 1 aromatic heterocycles. The number of rotatable bonds is 11. The molecule has 10 heteroatoms. The van der Waals surface area contributed by atoms with Gasteiger partial charge in [0.15, 0.2) is 11.0 Å². The Morgan fingerprint density at radius 2 is 1.49 bits per heavy atom. The molecule has 0 radical (unpaired) electrons. The van der Waals surface area contributed by atoms with Crippen LogP contribution in [0.2, 0.25) is 0 Å². The van der Waals surface area contributed by atoms with Crippen LogP contribution >= 0.6 is 11.8 Å². The van der Waals surface area contributed by atoms with Crippen molar-refractivity contribution >= 4 is 29.3 Å². The van der Waals surface area contributed by atoms with Gasteiger partial charge in [-0.25, -0.2) is 0 Å². The van der Waals surface area contributed by atoms with Crippen LogP contribution in [0.4, 0.5) is 5.69 Å². The Labute approximate surface area is 219 Å². The van der Waals surface area contributed by atoms with Gasteiger partial charge in [-0.05, 0) is 54.1 Å². The molecule has 4 rings (SSSR count). The number of carbonyl (C=O) groups excluding carboxylic acids is 2. The number of thioether (sulfide) groups is 1. The number of aromatic nitrogens is 3. The number of para-hydroxylation sites is 1. The maximum Gasteiger partial charge on any atom is 0.234 e. The van der Waals surface area contributed by atoms with Crippen molar-refractivity contribution in [2.24, 2.45) is 0 Å². The van der Waals surface area contributed by atoms with Crippen molar-refractivity contribution in [3.8, 4) is 17.2 Å². The van der Waals surface area contributed by atoms with Crippen LogP contribution in [0.1, 0.15) is 11.4 Å². The molecule has 0 saturated carbocycles. The summed E-state index contributed by atoms with van der Waals surface area (Å²) < 4.78 is 12.2. The number of carbonyl (C=O) groups is 2. The number of hydrogen-bond acceptors (Lipinski definition) is 7. The molecule has 9 nitrogen and oxygen atoms in total. The van der Waals surface area contributed by atoms with E-state index in [2.05, 4.69) is 20.8 Å². The average molecular weight is 518 g/mol. The molecule has 190 valence electrons. The number of hydrogen-bond donors (Lipinski definition) is 2. The molecular weight excluding hydrogens is 490 g/mol. The lowest BCUT2D eigenvalue weighted by molar-refractivity contribution is -0.120. The molecule has 0 atom stereocenters. The van der Waals surface area contributed by atoms with Crippen molar-refractivity contribution in [3.63, 3.8) is 0 Å². The van der Waals surface area contributed by atoms with Crippen LogP contribution in [-0.2, 0) is 22.6 Å². The van der Waals surface area contributed by atoms with Gasteiger partial charge in [0.2, 0.25) is 11.8 Å². The second kappa shape index (κ2) is 12.6. The van der Waals surface area contributed by atoms with Crippen molar-refractivity contribution in [1.29, 1.82) is 0 Å². The fraction of sp³-hybridized carbons (Fsp3) is 0.185. The quantitative estimate of drug-likeness (QED) is 0.291. The highest BCUT2D eigenvalue weighted by Crippen LogP contribution is 2.23. The van der Waals surface area contributed by atoms with Crippen molar-refractivity contribution in [3.05, 3.63) is 90.3 Å². The summed E-state index contributed by atoms with van der Waals surface area (Å²) in [6.07, 6.45) is 0.233. The zero-order valence-electron chi connectivity index (χ0n) is 20.5. The maximum atomic E-state index is 12.6. The first-order chi connectivity index (χ1) is 18.1. The highest BCUT2D eigenvalue weighted by molar-refractivity contribution is 7.99. The molecule has 37 heavy (non-hydrogen) atoms. The van der Waals surface area contributed by atoms with Gasteiger partial charge in [0.25, 0.3) is 0 Å². The van der Waals surface area contributed by atoms with Crippen molar-refractivity contribution in [2.45, 2.75) is 18.1 Å². The summed E-state index contributed by atoms with van der Waals surface area (Å²) in [7, 11) is 3.19. The summed E-state index contributed by atoms with van der Waals surface area (Å²) >= 11 is 1.27. The van der Waals surface area contributed by atoms with E-state index >= 15 is 0 Å². The van der Waals surface area contributed by atoms with Gasteiger partial charge in [0, 0.05) is 11.4 Å². The van der Waals surface area contributed by atoms with Gasteiger partial charge in [0.1, 0.15) is 11.5 Å². The molecule has 0 saturated heterocycles. The number of anilines is 1. The third-order valence-electron chi connectivity index (χ3n) is 5.39. The van der Waals surface area contributed by atoms with Crippen molar-refractivity contribution < 1.29 is 19.1 Å². The lowest BCUT2D eigenvalue weighted by Crippen LogP contribution is -2.26. The summed E-state index contributed by atoms with van der Waals surface area (Å²) in [5.41, 5.74) is 2.39. The fourth-order valence-electron chi connectivity index (χ4n) is 3.52. The first-order valence-electron chi connectivity index (χ1n) is 11.5. The van der Waals surface area contributed by atoms with Gasteiger partial charge >= 0.3 is 0 Å². The zero-order valence-corrected chi connectivity index (χ0v) is 21.3. The third-order valence-corrected chi connectivity index (χ3v) is 6.32. The second-order valence-electron chi connectivity index (χ2n) is 7.94. The summed E-state index contributed by atoms with van der Waals surface area (Å²) in [5.74, 6) is 1.84. The minimum Gasteiger partial charge on any atom is -0.497 e. The van der Waals surface area contributed by atoms with E-state index in [4.69, 9.17) is 9.47 Å². The number of ether oxygens (including phenoxy) is 2. The molecular formula is C27H27N5O4S. The van der Waals surface area contributed by atoms with Crippen LogP contribution in [0.3, 0.4) is 0 Å². The standard InChI is InChI=1S/C27H27N5O4S/c1-35-22-12-8-19(9-13-22)16-25(33)28-17-24-30-31-27(32(24)21-6-4-3-5-7-21)37-18-26(34)29-20-10-14-23(36-2)15-11-20/h3-15H,16-18H2,1-2H3,(H,28,33)(H,29,34). The van der Waals surface area contributed by atoms with Crippen LogP contribution in [0, 0.1) is 0 Å². The minimum absolute atomic E-state index is 0.138. The molecule has 4 aromatic rings. The van der Waals surface area contributed by atoms with E-state index in [1.165, 1.54) is 11.8 Å². The van der Waals surface area contributed by atoms with Gasteiger partial charge in [-0.2, -0.15) is 0 Å². The number of amides is 2. The Bertz CT molecular complexity index is 1240. The topological polar surface area (TPSA) is 107 Å². The van der Waals surface area contributed by atoms with Crippen LogP contribution in [0.5, 0.6) is 11.5 Å². The van der Waals surface area contributed by atoms with Gasteiger partial charge in [-0.15, -0.1) is 10.2 Å². The van der Waals surface area contributed by atoms with Crippen LogP contribution < -0.4 is 20.1 Å². The molecule has 0 bridgehead atoms. The van der Waals surface area contributed by atoms with Crippen molar-refractivity contribution in [1.82, 2.24) is 20.1 Å². The minimum atomic E-state index is -0.174. The monoisotopic (exact) mass is 517 g/mol. The molecule has 2 N–H and O–H groups in total.